The summed E-state index contributed by atoms with van der Waals surface area (Å²) in [5, 5.41) is 10.8. The maximum absolute atomic E-state index is 12.9. The van der Waals surface area contributed by atoms with E-state index in [0.717, 1.165) is 22.2 Å². The average Bonchev–Trinajstić information content (AvgIpc) is 3.11. The average molecular weight is 667 g/mol. The molecule has 1 aliphatic heterocycles. The maximum atomic E-state index is 12.9. The SMILES string of the molecule is O=C(CN1C(=O)S/C(=C/c2cc(Br)c(OCc3ccccc3Cl)c(Br)c2)C1=O)c1ccc([N+](=O)[O-])cc1. The van der Waals surface area contributed by atoms with Crippen molar-refractivity contribution in [1.29, 1.82) is 0 Å². The van der Waals surface area contributed by atoms with Gasteiger partial charge in [-0.25, -0.2) is 0 Å². The number of carbonyl (C=O) groups excluding carboxylic acids is 3. The molecule has 1 fully saturated rings. The van der Waals surface area contributed by atoms with Crippen molar-refractivity contribution < 1.29 is 24.0 Å². The Hall–Kier alpha value is -2.99. The van der Waals surface area contributed by atoms with Crippen molar-refractivity contribution in [2.45, 2.75) is 6.61 Å². The van der Waals surface area contributed by atoms with Crippen LogP contribution in [0.1, 0.15) is 21.5 Å². The van der Waals surface area contributed by atoms with E-state index >= 15 is 0 Å². The van der Waals surface area contributed by atoms with Crippen LogP contribution in [0.5, 0.6) is 5.75 Å². The number of hydrogen-bond acceptors (Lipinski definition) is 7. The Morgan fingerprint density at radius 1 is 1.08 bits per heavy atom. The first kappa shape index (κ1) is 27.1. The minimum atomic E-state index is -0.600. The first-order valence-electron chi connectivity index (χ1n) is 10.5. The standard InChI is InChI=1S/C25H15Br2ClN2O6S/c26-18-9-14(10-19(27)23(18)36-13-16-3-1-2-4-20(16)28)11-22-24(32)29(25(33)37-22)12-21(31)15-5-7-17(8-6-15)30(34)35/h1-11H,12-13H2/b22-11+. The van der Waals surface area contributed by atoms with E-state index in [2.05, 4.69) is 31.9 Å². The molecule has 0 radical (unpaired) electrons. The second-order valence-corrected chi connectivity index (χ2v) is 10.8. The van der Waals surface area contributed by atoms with Crippen LogP contribution in [-0.2, 0) is 11.4 Å². The van der Waals surface area contributed by atoms with Gasteiger partial charge in [-0.3, -0.25) is 29.4 Å². The molecular formula is C25H15Br2ClN2O6S. The Morgan fingerprint density at radius 3 is 2.35 bits per heavy atom. The molecule has 0 atom stereocenters. The van der Waals surface area contributed by atoms with Crippen LogP contribution in [0, 0.1) is 10.1 Å². The Morgan fingerprint density at radius 2 is 1.73 bits per heavy atom. The van der Waals surface area contributed by atoms with Gasteiger partial charge in [0.15, 0.2) is 5.78 Å². The molecule has 0 N–H and O–H groups in total. The van der Waals surface area contributed by atoms with E-state index in [1.807, 2.05) is 18.2 Å². The smallest absolute Gasteiger partial charge is 0.293 e. The largest absolute Gasteiger partial charge is 0.486 e. The molecular weight excluding hydrogens is 652 g/mol. The molecule has 0 unspecified atom stereocenters. The summed E-state index contributed by atoms with van der Waals surface area (Å²) < 4.78 is 7.15. The molecule has 1 heterocycles. The van der Waals surface area contributed by atoms with Gasteiger partial charge in [0.05, 0.1) is 25.3 Å². The molecule has 0 bridgehead atoms. The number of thioether (sulfide) groups is 1. The third kappa shape index (κ3) is 6.30. The molecule has 37 heavy (non-hydrogen) atoms. The highest BCUT2D eigenvalue weighted by Crippen LogP contribution is 2.38. The van der Waals surface area contributed by atoms with Gasteiger partial charge in [-0.1, -0.05) is 29.8 Å². The number of hydrogen-bond donors (Lipinski definition) is 0. The molecule has 0 aliphatic carbocycles. The van der Waals surface area contributed by atoms with Crippen LogP contribution in [0.4, 0.5) is 10.5 Å². The van der Waals surface area contributed by atoms with Crippen LogP contribution in [0.2, 0.25) is 5.02 Å². The van der Waals surface area contributed by atoms with Gasteiger partial charge < -0.3 is 4.74 Å². The fraction of sp³-hybridized carbons (Fsp3) is 0.0800. The minimum absolute atomic E-state index is 0.157. The van der Waals surface area contributed by atoms with Crippen molar-refractivity contribution in [2.75, 3.05) is 6.54 Å². The van der Waals surface area contributed by atoms with E-state index in [1.165, 1.54) is 24.3 Å². The molecule has 1 aliphatic rings. The maximum Gasteiger partial charge on any atom is 0.293 e. The summed E-state index contributed by atoms with van der Waals surface area (Å²) in [7, 11) is 0. The predicted molar refractivity (Wildman–Crippen MR) is 148 cm³/mol. The first-order valence-corrected chi connectivity index (χ1v) is 13.3. The number of nitro benzene ring substituents is 1. The first-order chi connectivity index (χ1) is 17.6. The summed E-state index contributed by atoms with van der Waals surface area (Å²) in [6.45, 7) is -0.222. The van der Waals surface area contributed by atoms with Crippen LogP contribution in [0.15, 0.2) is 74.5 Å². The van der Waals surface area contributed by atoms with Gasteiger partial charge in [0, 0.05) is 28.3 Å². The second kappa shape index (κ2) is 11.6. The van der Waals surface area contributed by atoms with E-state index in [-0.39, 0.29) is 22.8 Å². The van der Waals surface area contributed by atoms with Crippen molar-refractivity contribution in [3.8, 4) is 5.75 Å². The predicted octanol–water partition coefficient (Wildman–Crippen LogP) is 7.27. The highest BCUT2D eigenvalue weighted by atomic mass is 79.9. The van der Waals surface area contributed by atoms with Crippen LogP contribution < -0.4 is 4.74 Å². The highest BCUT2D eigenvalue weighted by molar-refractivity contribution is 9.11. The summed E-state index contributed by atoms with van der Waals surface area (Å²) in [6, 6.07) is 15.8. The number of nitro groups is 1. The van der Waals surface area contributed by atoms with Crippen LogP contribution in [-0.4, -0.2) is 33.3 Å². The Bertz CT molecular complexity index is 1440. The van der Waals surface area contributed by atoms with Crippen molar-refractivity contribution in [2.24, 2.45) is 0 Å². The number of ether oxygens (including phenoxy) is 1. The number of benzene rings is 3. The lowest BCUT2D eigenvalue weighted by atomic mass is 10.1. The number of imide groups is 1. The van der Waals surface area contributed by atoms with Crippen molar-refractivity contribution in [1.82, 2.24) is 4.90 Å². The number of rotatable bonds is 8. The van der Waals surface area contributed by atoms with Gasteiger partial charge in [0.1, 0.15) is 12.4 Å². The van der Waals surface area contributed by atoms with E-state index in [1.54, 1.807) is 24.3 Å². The number of non-ortho nitro benzene ring substituents is 1. The monoisotopic (exact) mass is 664 g/mol. The molecule has 1 saturated heterocycles. The Kier molecular flexibility index (Phi) is 8.48. The van der Waals surface area contributed by atoms with Gasteiger partial charge >= 0.3 is 0 Å². The second-order valence-electron chi connectivity index (χ2n) is 7.69. The number of Topliss-reactive ketones (excluding diaryl/α,β-unsaturated/α-hetero) is 1. The fourth-order valence-electron chi connectivity index (χ4n) is 3.36. The molecule has 8 nitrogen and oxygen atoms in total. The summed E-state index contributed by atoms with van der Waals surface area (Å²) in [6.07, 6.45) is 1.55. The zero-order valence-electron chi connectivity index (χ0n) is 18.7. The van der Waals surface area contributed by atoms with Crippen LogP contribution in [0.25, 0.3) is 6.08 Å². The fourth-order valence-corrected chi connectivity index (χ4v) is 5.84. The van der Waals surface area contributed by atoms with Crippen molar-refractivity contribution in [3.63, 3.8) is 0 Å². The van der Waals surface area contributed by atoms with Gasteiger partial charge in [-0.05, 0) is 85.6 Å². The van der Waals surface area contributed by atoms with E-state index in [9.17, 15) is 24.5 Å². The number of halogens is 3. The zero-order chi connectivity index (χ0) is 26.7. The normalized spacial score (nSPS) is 14.4. The molecule has 0 saturated carbocycles. The summed E-state index contributed by atoms with van der Waals surface area (Å²) in [5.74, 6) is -0.570. The zero-order valence-corrected chi connectivity index (χ0v) is 23.4. The quantitative estimate of drug-likeness (QED) is 0.108. The lowest BCUT2D eigenvalue weighted by Crippen LogP contribution is -2.33. The molecule has 3 aromatic rings. The van der Waals surface area contributed by atoms with Gasteiger partial charge in [-0.2, -0.15) is 0 Å². The topological polar surface area (TPSA) is 107 Å². The van der Waals surface area contributed by atoms with E-state index in [0.29, 0.717) is 25.3 Å². The van der Waals surface area contributed by atoms with Crippen molar-refractivity contribution >= 4 is 83.9 Å². The number of nitrogens with zero attached hydrogens (tertiary/aromatic N) is 2. The molecule has 188 valence electrons. The highest BCUT2D eigenvalue weighted by Gasteiger charge is 2.36. The van der Waals surface area contributed by atoms with Gasteiger partial charge in [0.2, 0.25) is 0 Å². The minimum Gasteiger partial charge on any atom is -0.486 e. The summed E-state index contributed by atoms with van der Waals surface area (Å²) in [4.78, 5) is 49.1. The Balaban J connectivity index is 1.47. The number of amides is 2. The molecule has 4 rings (SSSR count). The summed E-state index contributed by atoms with van der Waals surface area (Å²) in [5.41, 5.74) is 1.44. The van der Waals surface area contributed by atoms with E-state index < -0.39 is 28.4 Å². The van der Waals surface area contributed by atoms with Crippen LogP contribution in [0.3, 0.4) is 0 Å². The Labute approximate surface area is 237 Å². The van der Waals surface area contributed by atoms with Gasteiger partial charge in [-0.15, -0.1) is 0 Å². The molecule has 0 aromatic heterocycles. The third-order valence-electron chi connectivity index (χ3n) is 5.22. The van der Waals surface area contributed by atoms with Gasteiger partial charge in [0.25, 0.3) is 16.8 Å². The van der Waals surface area contributed by atoms with E-state index in [4.69, 9.17) is 16.3 Å². The lowest BCUT2D eigenvalue weighted by Gasteiger charge is -2.12. The number of carbonyl (C=O) groups is 3. The van der Waals surface area contributed by atoms with Crippen molar-refractivity contribution in [3.05, 3.63) is 106 Å². The molecule has 2 amide bonds. The third-order valence-corrected chi connectivity index (χ3v) is 7.68. The summed E-state index contributed by atoms with van der Waals surface area (Å²) >= 11 is 13.9. The molecule has 12 heteroatoms. The molecule has 0 spiro atoms. The number of ketones is 1. The van der Waals surface area contributed by atoms with Crippen LogP contribution >= 0.6 is 55.2 Å². The molecule has 3 aromatic carbocycles. The lowest BCUT2D eigenvalue weighted by molar-refractivity contribution is -0.384.